The van der Waals surface area contributed by atoms with Gasteiger partial charge in [0, 0.05) is 12.1 Å². The second-order valence-corrected chi connectivity index (χ2v) is 6.60. The zero-order valence-corrected chi connectivity index (χ0v) is 13.6. The maximum absolute atomic E-state index is 6.05. The van der Waals surface area contributed by atoms with Gasteiger partial charge in [-0.15, -0.1) is 0 Å². The summed E-state index contributed by atoms with van der Waals surface area (Å²) >= 11 is 0. The highest BCUT2D eigenvalue weighted by molar-refractivity contribution is 5.43. The number of hydrogen-bond donors (Lipinski definition) is 1. The fourth-order valence-corrected chi connectivity index (χ4v) is 2.33. The molecule has 3 heteroatoms. The van der Waals surface area contributed by atoms with Gasteiger partial charge in [0.25, 0.3) is 0 Å². The van der Waals surface area contributed by atoms with Crippen molar-refractivity contribution in [1.29, 1.82) is 0 Å². The Morgan fingerprint density at radius 3 is 2.67 bits per heavy atom. The number of hydrogen-bond acceptors (Lipinski definition) is 3. The first-order valence-electron chi connectivity index (χ1n) is 7.73. The lowest BCUT2D eigenvalue weighted by atomic mass is 10.1. The molecule has 0 aromatic heterocycles. The van der Waals surface area contributed by atoms with Crippen molar-refractivity contribution in [2.75, 3.05) is 7.11 Å². The smallest absolute Gasteiger partial charge is 0.162 e. The molecule has 3 nitrogen and oxygen atoms in total. The van der Waals surface area contributed by atoms with E-state index < -0.39 is 0 Å². The quantitative estimate of drug-likeness (QED) is 0.829. The van der Waals surface area contributed by atoms with Gasteiger partial charge < -0.3 is 14.8 Å². The fraction of sp³-hybridized carbons (Fsp3) is 0.556. The predicted molar refractivity (Wildman–Crippen MR) is 87.0 cm³/mol. The van der Waals surface area contributed by atoms with Crippen molar-refractivity contribution in [2.45, 2.75) is 58.2 Å². The van der Waals surface area contributed by atoms with Crippen molar-refractivity contribution in [3.63, 3.8) is 0 Å². The molecule has 0 saturated heterocycles. The summed E-state index contributed by atoms with van der Waals surface area (Å²) in [5.74, 6) is 1.63. The van der Waals surface area contributed by atoms with Crippen molar-refractivity contribution in [1.82, 2.24) is 5.32 Å². The van der Waals surface area contributed by atoms with Gasteiger partial charge in [-0.3, -0.25) is 0 Å². The van der Waals surface area contributed by atoms with Gasteiger partial charge in [0.1, 0.15) is 6.10 Å². The van der Waals surface area contributed by atoms with Crippen molar-refractivity contribution in [2.24, 2.45) is 0 Å². The maximum Gasteiger partial charge on any atom is 0.162 e. The minimum Gasteiger partial charge on any atom is -0.493 e. The zero-order valence-electron chi connectivity index (χ0n) is 13.6. The van der Waals surface area contributed by atoms with Gasteiger partial charge in [0.2, 0.25) is 0 Å². The number of methoxy groups -OCH3 is 1. The van der Waals surface area contributed by atoms with Gasteiger partial charge in [-0.25, -0.2) is 0 Å². The number of allylic oxidation sites excluding steroid dienone is 1. The minimum absolute atomic E-state index is 0.106. The molecule has 0 bridgehead atoms. The third-order valence-electron chi connectivity index (χ3n) is 3.54. The molecule has 0 heterocycles. The average Bonchev–Trinajstić information content (AvgIpc) is 2.46. The summed E-state index contributed by atoms with van der Waals surface area (Å²) in [7, 11) is 1.69. The first-order chi connectivity index (χ1) is 9.98. The van der Waals surface area contributed by atoms with Crippen LogP contribution in [0.3, 0.4) is 0 Å². The largest absolute Gasteiger partial charge is 0.493 e. The monoisotopic (exact) mass is 289 g/mol. The molecule has 1 N–H and O–H groups in total. The number of rotatable bonds is 5. The van der Waals surface area contributed by atoms with E-state index in [1.165, 1.54) is 12.0 Å². The molecule has 1 aromatic rings. The van der Waals surface area contributed by atoms with E-state index >= 15 is 0 Å². The Balaban J connectivity index is 2.05. The van der Waals surface area contributed by atoms with Crippen LogP contribution in [-0.2, 0) is 6.54 Å². The Labute approximate surface area is 128 Å². The molecule has 0 radical (unpaired) electrons. The van der Waals surface area contributed by atoms with Crippen LogP contribution < -0.4 is 14.8 Å². The Bertz CT molecular complexity index is 488. The van der Waals surface area contributed by atoms with E-state index in [0.717, 1.165) is 30.9 Å². The lowest BCUT2D eigenvalue weighted by molar-refractivity contribution is 0.219. The van der Waals surface area contributed by atoms with Gasteiger partial charge >= 0.3 is 0 Å². The summed E-state index contributed by atoms with van der Waals surface area (Å²) in [6.45, 7) is 7.31. The van der Waals surface area contributed by atoms with Crippen molar-refractivity contribution in [3.05, 3.63) is 35.9 Å². The third kappa shape index (κ3) is 5.09. The highest BCUT2D eigenvalue weighted by atomic mass is 16.5. The molecule has 2 rings (SSSR count). The molecule has 0 spiro atoms. The molecule has 1 atom stereocenters. The van der Waals surface area contributed by atoms with E-state index in [9.17, 15) is 0 Å². The van der Waals surface area contributed by atoms with Crippen LogP contribution in [0, 0.1) is 0 Å². The second-order valence-electron chi connectivity index (χ2n) is 6.60. The molecule has 1 aliphatic carbocycles. The fourth-order valence-electron chi connectivity index (χ4n) is 2.33. The Hall–Kier alpha value is -1.48. The summed E-state index contributed by atoms with van der Waals surface area (Å²) in [5, 5.41) is 3.48. The second kappa shape index (κ2) is 6.99. The van der Waals surface area contributed by atoms with Crippen LogP contribution in [0.25, 0.3) is 0 Å². The van der Waals surface area contributed by atoms with E-state index in [1.54, 1.807) is 7.11 Å². The Morgan fingerprint density at radius 2 is 2.05 bits per heavy atom. The normalized spacial score (nSPS) is 18.6. The molecule has 0 amide bonds. The van der Waals surface area contributed by atoms with Gasteiger partial charge in [-0.2, -0.15) is 0 Å². The third-order valence-corrected chi connectivity index (χ3v) is 3.54. The molecule has 0 saturated carbocycles. The van der Waals surface area contributed by atoms with Crippen LogP contribution in [-0.4, -0.2) is 18.8 Å². The first kappa shape index (κ1) is 15.9. The van der Waals surface area contributed by atoms with Crippen LogP contribution in [0.15, 0.2) is 30.4 Å². The van der Waals surface area contributed by atoms with Gasteiger partial charge in [0.15, 0.2) is 11.5 Å². The molecule has 1 aromatic carbocycles. The average molecular weight is 289 g/mol. The Morgan fingerprint density at radius 1 is 1.24 bits per heavy atom. The molecule has 21 heavy (non-hydrogen) atoms. The van der Waals surface area contributed by atoms with Gasteiger partial charge in [-0.1, -0.05) is 12.1 Å². The summed E-state index contributed by atoms with van der Waals surface area (Å²) in [6.07, 6.45) is 7.95. The number of benzene rings is 1. The van der Waals surface area contributed by atoms with Crippen molar-refractivity contribution in [3.8, 4) is 11.5 Å². The van der Waals surface area contributed by atoms with Crippen LogP contribution in [0.1, 0.15) is 45.6 Å². The van der Waals surface area contributed by atoms with Gasteiger partial charge in [0.05, 0.1) is 7.11 Å². The van der Waals surface area contributed by atoms with Crippen LogP contribution in [0.5, 0.6) is 11.5 Å². The summed E-state index contributed by atoms with van der Waals surface area (Å²) in [4.78, 5) is 0. The molecule has 0 aliphatic heterocycles. The number of ether oxygens (including phenoxy) is 2. The molecule has 116 valence electrons. The van der Waals surface area contributed by atoms with E-state index in [2.05, 4.69) is 50.4 Å². The Kier molecular flexibility index (Phi) is 5.29. The molecule has 0 fully saturated rings. The van der Waals surface area contributed by atoms with Crippen LogP contribution in [0.2, 0.25) is 0 Å². The standard InChI is InChI=1S/C18H27NO2/c1-18(2,3)19-13-14-10-11-16(17(12-14)20-4)21-15-8-6-5-7-9-15/h6,8,10-12,15,19H,5,7,9,13H2,1-4H3. The van der Waals surface area contributed by atoms with Gasteiger partial charge in [-0.05, 0) is 63.8 Å². The first-order valence-corrected chi connectivity index (χ1v) is 7.73. The topological polar surface area (TPSA) is 30.5 Å². The van der Waals surface area contributed by atoms with E-state index in [-0.39, 0.29) is 11.6 Å². The van der Waals surface area contributed by atoms with E-state index in [1.807, 2.05) is 6.07 Å². The number of nitrogens with one attached hydrogen (secondary N) is 1. The SMILES string of the molecule is COc1cc(CNC(C)(C)C)ccc1OC1C=CCCC1. The highest BCUT2D eigenvalue weighted by Crippen LogP contribution is 2.30. The van der Waals surface area contributed by atoms with Crippen molar-refractivity contribution >= 4 is 0 Å². The van der Waals surface area contributed by atoms with Crippen LogP contribution >= 0.6 is 0 Å². The zero-order chi connectivity index (χ0) is 15.3. The lowest BCUT2D eigenvalue weighted by Crippen LogP contribution is -2.35. The molecule has 1 aliphatic rings. The maximum atomic E-state index is 6.05. The van der Waals surface area contributed by atoms with Crippen LogP contribution in [0.4, 0.5) is 0 Å². The highest BCUT2D eigenvalue weighted by Gasteiger charge is 2.14. The molecular formula is C18H27NO2. The van der Waals surface area contributed by atoms with E-state index in [4.69, 9.17) is 9.47 Å². The summed E-state index contributed by atoms with van der Waals surface area (Å²) in [6, 6.07) is 6.17. The molecule has 1 unspecified atom stereocenters. The molecular weight excluding hydrogens is 262 g/mol. The summed E-state index contributed by atoms with van der Waals surface area (Å²) < 4.78 is 11.5. The lowest BCUT2D eigenvalue weighted by Gasteiger charge is -2.22. The minimum atomic E-state index is 0.106. The summed E-state index contributed by atoms with van der Waals surface area (Å²) in [5.41, 5.74) is 1.31. The predicted octanol–water partition coefficient (Wildman–Crippen LogP) is 4.07. The van der Waals surface area contributed by atoms with Crippen molar-refractivity contribution < 1.29 is 9.47 Å². The van der Waals surface area contributed by atoms with E-state index in [0.29, 0.717) is 0 Å².